The van der Waals surface area contributed by atoms with Crippen molar-refractivity contribution in [2.24, 2.45) is 0 Å². The number of methoxy groups -OCH3 is 1. The maximum Gasteiger partial charge on any atom is 0.340 e. The molecular formula is C33H24F2N10O7. The number of carbonyl (C=O) groups excluding carboxylic acids is 3. The van der Waals surface area contributed by atoms with Gasteiger partial charge in [-0.15, -0.1) is 20.4 Å². The number of carboxylic acids is 1. The average molecular weight is 711 g/mol. The minimum Gasteiger partial charge on any atom is -0.490 e. The van der Waals surface area contributed by atoms with Crippen LogP contribution in [0.5, 0.6) is 5.75 Å². The number of benzene rings is 2. The molecule has 0 unspecified atom stereocenters. The average Bonchev–Trinajstić information content (AvgIpc) is 3.89. The molecule has 6 rings (SSSR count). The number of aromatic carboxylic acids is 1. The van der Waals surface area contributed by atoms with Gasteiger partial charge in [-0.05, 0) is 48.0 Å². The molecule has 0 radical (unpaired) electrons. The van der Waals surface area contributed by atoms with Crippen LogP contribution in [0.3, 0.4) is 0 Å². The van der Waals surface area contributed by atoms with Gasteiger partial charge in [0, 0.05) is 37.3 Å². The molecule has 0 aliphatic heterocycles. The molecule has 17 nitrogen and oxygen atoms in total. The van der Waals surface area contributed by atoms with Crippen molar-refractivity contribution in [3.8, 4) is 17.4 Å². The third-order valence-electron chi connectivity index (χ3n) is 7.32. The van der Waals surface area contributed by atoms with Gasteiger partial charge in [0.15, 0.2) is 34.6 Å². The van der Waals surface area contributed by atoms with E-state index in [2.05, 4.69) is 41.0 Å². The van der Waals surface area contributed by atoms with E-state index in [1.54, 1.807) is 27.7 Å². The summed E-state index contributed by atoms with van der Waals surface area (Å²) in [4.78, 5) is 58.0. The summed E-state index contributed by atoms with van der Waals surface area (Å²) < 4.78 is 43.5. The van der Waals surface area contributed by atoms with Crippen LogP contribution in [0.25, 0.3) is 11.6 Å². The van der Waals surface area contributed by atoms with Crippen LogP contribution in [0.2, 0.25) is 0 Å². The van der Waals surface area contributed by atoms with Gasteiger partial charge in [-0.25, -0.2) is 28.3 Å². The number of nitrogens with one attached hydrogen (secondary N) is 2. The first-order chi connectivity index (χ1) is 25.1. The highest BCUT2D eigenvalue weighted by atomic mass is 19.1. The number of amides is 2. The van der Waals surface area contributed by atoms with Crippen LogP contribution in [0, 0.1) is 11.6 Å². The fraction of sp³-hybridized carbons (Fsp3) is 0.0909. The molecule has 0 aliphatic rings. The van der Waals surface area contributed by atoms with Gasteiger partial charge in [0.2, 0.25) is 0 Å². The number of esters is 1. The Morgan fingerprint density at radius 3 is 1.79 bits per heavy atom. The molecule has 2 amide bonds. The molecule has 6 aromatic rings. The lowest BCUT2D eigenvalue weighted by Crippen LogP contribution is -2.18. The zero-order valence-corrected chi connectivity index (χ0v) is 26.7. The van der Waals surface area contributed by atoms with Gasteiger partial charge in [-0.1, -0.05) is 0 Å². The van der Waals surface area contributed by atoms with Gasteiger partial charge in [0.25, 0.3) is 11.8 Å². The molecule has 52 heavy (non-hydrogen) atoms. The van der Waals surface area contributed by atoms with E-state index < -0.39 is 46.7 Å². The Labute approximate surface area is 290 Å². The molecule has 4 aromatic heterocycles. The van der Waals surface area contributed by atoms with Crippen molar-refractivity contribution in [2.75, 3.05) is 24.4 Å². The Kier molecular flexibility index (Phi) is 9.92. The number of hydrogen-bond acceptors (Lipinski definition) is 12. The van der Waals surface area contributed by atoms with Crippen molar-refractivity contribution in [1.82, 2.24) is 39.5 Å². The number of halogens is 2. The number of rotatable bonds is 12. The maximum atomic E-state index is 15.2. The van der Waals surface area contributed by atoms with E-state index in [1.165, 1.54) is 49.2 Å². The fourth-order valence-corrected chi connectivity index (χ4v) is 4.74. The zero-order valence-electron chi connectivity index (χ0n) is 26.7. The molecule has 262 valence electrons. The number of carbonyl (C=O) groups is 4. The van der Waals surface area contributed by atoms with Crippen molar-refractivity contribution < 1.29 is 42.5 Å². The Hall–Kier alpha value is -7.44. The van der Waals surface area contributed by atoms with Crippen molar-refractivity contribution in [1.29, 1.82) is 0 Å². The van der Waals surface area contributed by atoms with Gasteiger partial charge in [0.1, 0.15) is 18.5 Å². The second kappa shape index (κ2) is 15.0. The van der Waals surface area contributed by atoms with E-state index in [1.807, 2.05) is 0 Å². The first-order valence-corrected chi connectivity index (χ1v) is 15.0. The third-order valence-corrected chi connectivity index (χ3v) is 7.32. The maximum absolute atomic E-state index is 15.2. The molecule has 0 bridgehead atoms. The second-order valence-electron chi connectivity index (χ2n) is 10.6. The van der Waals surface area contributed by atoms with Crippen molar-refractivity contribution in [3.05, 3.63) is 126 Å². The number of anilines is 2. The van der Waals surface area contributed by atoms with Crippen molar-refractivity contribution in [2.45, 2.75) is 6.42 Å². The highest BCUT2D eigenvalue weighted by Crippen LogP contribution is 2.28. The molecule has 0 atom stereocenters. The molecule has 4 heterocycles. The van der Waals surface area contributed by atoms with E-state index in [4.69, 9.17) is 9.47 Å². The lowest BCUT2D eigenvalue weighted by Gasteiger charge is -2.15. The number of imidazole rings is 2. The highest BCUT2D eigenvalue weighted by molar-refractivity contribution is 6.08. The van der Waals surface area contributed by atoms with Gasteiger partial charge in [-0.3, -0.25) is 18.7 Å². The highest BCUT2D eigenvalue weighted by Gasteiger charge is 2.22. The summed E-state index contributed by atoms with van der Waals surface area (Å²) in [6.07, 6.45) is 9.08. The topological polar surface area (TPSA) is 218 Å². The molecule has 3 N–H and O–H groups in total. The molecule has 19 heteroatoms. The molecule has 0 saturated heterocycles. The quantitative estimate of drug-likeness (QED) is 0.155. The smallest absolute Gasteiger partial charge is 0.340 e. The number of nitrogens with zero attached hydrogens (tertiary/aromatic N) is 8. The Bertz CT molecular complexity index is 2270. The minimum atomic E-state index is -1.54. The van der Waals surface area contributed by atoms with Crippen LogP contribution in [-0.4, -0.2) is 82.1 Å². The first-order valence-electron chi connectivity index (χ1n) is 15.0. The van der Waals surface area contributed by atoms with Crippen LogP contribution < -0.4 is 15.4 Å². The van der Waals surface area contributed by atoms with E-state index in [0.29, 0.717) is 17.7 Å². The Morgan fingerprint density at radius 2 is 1.31 bits per heavy atom. The summed E-state index contributed by atoms with van der Waals surface area (Å²) in [5, 5.41) is 30.2. The summed E-state index contributed by atoms with van der Waals surface area (Å²) in [6, 6.07) is 9.42. The largest absolute Gasteiger partial charge is 0.490 e. The van der Waals surface area contributed by atoms with Gasteiger partial charge in [0.05, 0.1) is 36.2 Å². The van der Waals surface area contributed by atoms with E-state index >= 15 is 4.39 Å². The Morgan fingerprint density at radius 1 is 0.750 bits per heavy atom. The van der Waals surface area contributed by atoms with Crippen LogP contribution in [0.4, 0.5) is 20.2 Å². The second-order valence-corrected chi connectivity index (χ2v) is 10.6. The first kappa shape index (κ1) is 34.4. The van der Waals surface area contributed by atoms with Crippen molar-refractivity contribution >= 4 is 35.1 Å². The number of ether oxygens (including phenoxy) is 2. The normalized spacial score (nSPS) is 10.8. The third kappa shape index (κ3) is 7.57. The lowest BCUT2D eigenvalue weighted by molar-refractivity contribution is 0.0600. The number of carboxylic acid groups (broad SMARTS) is 1. The van der Waals surface area contributed by atoms with E-state index in [-0.39, 0.29) is 46.9 Å². The van der Waals surface area contributed by atoms with Crippen LogP contribution >= 0.6 is 0 Å². The molecule has 0 fully saturated rings. The fourth-order valence-electron chi connectivity index (χ4n) is 4.74. The van der Waals surface area contributed by atoms with E-state index in [0.717, 1.165) is 19.2 Å². The monoisotopic (exact) mass is 710 g/mol. The molecular weight excluding hydrogens is 686 g/mol. The van der Waals surface area contributed by atoms with Crippen LogP contribution in [0.15, 0.2) is 86.0 Å². The minimum absolute atomic E-state index is 0.0432. The molecule has 2 aromatic carbocycles. The van der Waals surface area contributed by atoms with Crippen molar-refractivity contribution in [3.63, 3.8) is 0 Å². The summed E-state index contributed by atoms with van der Waals surface area (Å²) in [5.74, 6) is -5.71. The molecule has 0 saturated carbocycles. The summed E-state index contributed by atoms with van der Waals surface area (Å²) in [6.45, 7) is -0.360. The van der Waals surface area contributed by atoms with E-state index in [9.17, 15) is 28.7 Å². The molecule has 0 spiro atoms. The number of hydrogen-bond donors (Lipinski definition) is 3. The van der Waals surface area contributed by atoms with Crippen LogP contribution in [-0.2, 0) is 11.2 Å². The summed E-state index contributed by atoms with van der Waals surface area (Å²) in [5.41, 5.74) is -1.62. The summed E-state index contributed by atoms with van der Waals surface area (Å²) in [7, 11) is 1.08. The lowest BCUT2D eigenvalue weighted by atomic mass is 10.1. The van der Waals surface area contributed by atoms with Crippen LogP contribution in [0.1, 0.15) is 47.3 Å². The SMILES string of the molecule is COC(=O)c1cc(F)c(CCOc2cc(NC(=O)c3ccc(-n4ccnc4)nn3)c(C(=O)O)cc2F)cc1NC(=O)c1ccc(-n2ccnc2)nn1. The summed E-state index contributed by atoms with van der Waals surface area (Å²) >= 11 is 0. The molecule has 0 aliphatic carbocycles. The zero-order chi connectivity index (χ0) is 36.8. The number of aromatic nitrogens is 8. The predicted octanol–water partition coefficient (Wildman–Crippen LogP) is 3.53. The Balaban J connectivity index is 1.17. The van der Waals surface area contributed by atoms with Gasteiger partial charge < -0.3 is 25.2 Å². The van der Waals surface area contributed by atoms with Gasteiger partial charge >= 0.3 is 11.9 Å². The predicted molar refractivity (Wildman–Crippen MR) is 175 cm³/mol. The standard InChI is InChI=1S/C33H24F2N10O7/c1-51-33(50)20-14-21(34)18(12-25(20)38-30(46)23-2-4-28(42-40-23)44-9-7-36-16-44)6-11-52-27-15-26(19(32(48)49)13-22(27)35)39-31(47)24-3-5-29(43-41-24)45-10-8-37-17-45/h2-5,7-10,12-17H,6,11H2,1H3,(H,38,46)(H,39,47)(H,48,49). The van der Waals surface area contributed by atoms with Gasteiger partial charge in [-0.2, -0.15) is 0 Å².